The molecule has 0 saturated carbocycles. The number of hydrogen-bond acceptors (Lipinski definition) is 3. The van der Waals surface area contributed by atoms with Gasteiger partial charge >= 0.3 is 0 Å². The van der Waals surface area contributed by atoms with Gasteiger partial charge in [0.2, 0.25) is 6.41 Å². The minimum Gasteiger partial charge on any atom is -0.364 e. The van der Waals surface area contributed by atoms with Gasteiger partial charge in [-0.15, -0.1) is 0 Å². The summed E-state index contributed by atoms with van der Waals surface area (Å²) in [4.78, 5) is 9.73. The standard InChI is InChI=1S/C7H11N3O/c1-7(2-3-8)10-5-4-9-6-11/h2-6,8,10H,1H3,(H,9,11)/b5-4-,7-2-,8-3?. The Morgan fingerprint density at radius 2 is 2.18 bits per heavy atom. The van der Waals surface area contributed by atoms with Crippen LogP contribution in [0.2, 0.25) is 0 Å². The van der Waals surface area contributed by atoms with E-state index in [9.17, 15) is 4.79 Å². The first kappa shape index (κ1) is 9.42. The molecule has 60 valence electrons. The summed E-state index contributed by atoms with van der Waals surface area (Å²) in [7, 11) is 0. The largest absolute Gasteiger partial charge is 0.364 e. The molecule has 4 heteroatoms. The van der Waals surface area contributed by atoms with Gasteiger partial charge in [-0.25, -0.2) is 0 Å². The molecule has 0 aromatic heterocycles. The molecule has 0 atom stereocenters. The van der Waals surface area contributed by atoms with E-state index >= 15 is 0 Å². The summed E-state index contributed by atoms with van der Waals surface area (Å²) in [5.74, 6) is 0. The van der Waals surface area contributed by atoms with E-state index in [-0.39, 0.29) is 0 Å². The van der Waals surface area contributed by atoms with Gasteiger partial charge in [-0.3, -0.25) is 4.79 Å². The second-order valence-corrected chi connectivity index (χ2v) is 1.78. The molecular weight excluding hydrogens is 142 g/mol. The molecule has 11 heavy (non-hydrogen) atoms. The van der Waals surface area contributed by atoms with Crippen LogP contribution >= 0.6 is 0 Å². The van der Waals surface area contributed by atoms with E-state index in [2.05, 4.69) is 10.6 Å². The number of carbonyl (C=O) groups is 1. The summed E-state index contributed by atoms with van der Waals surface area (Å²) in [5, 5.41) is 11.9. The van der Waals surface area contributed by atoms with Crippen molar-refractivity contribution in [2.45, 2.75) is 6.92 Å². The van der Waals surface area contributed by atoms with Gasteiger partial charge in [0.15, 0.2) is 0 Å². The van der Waals surface area contributed by atoms with Crippen LogP contribution in [0, 0.1) is 5.41 Å². The molecule has 0 spiro atoms. The Morgan fingerprint density at radius 1 is 1.45 bits per heavy atom. The highest BCUT2D eigenvalue weighted by Crippen LogP contribution is 1.81. The molecule has 0 radical (unpaired) electrons. The fourth-order valence-electron chi connectivity index (χ4n) is 0.434. The zero-order chi connectivity index (χ0) is 8.53. The van der Waals surface area contributed by atoms with E-state index < -0.39 is 0 Å². The Kier molecular flexibility index (Phi) is 5.60. The van der Waals surface area contributed by atoms with E-state index in [0.29, 0.717) is 6.41 Å². The Morgan fingerprint density at radius 3 is 2.73 bits per heavy atom. The van der Waals surface area contributed by atoms with Crippen LogP contribution in [0.25, 0.3) is 0 Å². The minimum absolute atomic E-state index is 0.577. The number of amides is 1. The first-order valence-corrected chi connectivity index (χ1v) is 3.10. The van der Waals surface area contributed by atoms with E-state index in [1.54, 1.807) is 12.3 Å². The third-order valence-corrected chi connectivity index (χ3v) is 0.892. The summed E-state index contributed by atoms with van der Waals surface area (Å²) in [5.41, 5.74) is 0.837. The zero-order valence-electron chi connectivity index (χ0n) is 6.29. The monoisotopic (exact) mass is 153 g/mol. The van der Waals surface area contributed by atoms with Crippen molar-refractivity contribution in [3.8, 4) is 0 Å². The van der Waals surface area contributed by atoms with Gasteiger partial charge < -0.3 is 16.0 Å². The number of carbonyl (C=O) groups excluding carboxylic acids is 1. The van der Waals surface area contributed by atoms with Crippen LogP contribution < -0.4 is 10.6 Å². The molecule has 0 rings (SSSR count). The summed E-state index contributed by atoms with van der Waals surface area (Å²) in [6.45, 7) is 1.82. The lowest BCUT2D eigenvalue weighted by molar-refractivity contribution is -0.108. The first-order chi connectivity index (χ1) is 5.31. The number of hydrogen-bond donors (Lipinski definition) is 3. The molecule has 0 aromatic carbocycles. The normalized spacial score (nSPS) is 11.2. The highest BCUT2D eigenvalue weighted by molar-refractivity contribution is 5.68. The number of rotatable bonds is 5. The van der Waals surface area contributed by atoms with Crippen molar-refractivity contribution in [3.05, 3.63) is 24.2 Å². The van der Waals surface area contributed by atoms with Gasteiger partial charge in [-0.05, 0) is 13.0 Å². The van der Waals surface area contributed by atoms with Crippen molar-refractivity contribution >= 4 is 12.6 Å². The third-order valence-electron chi connectivity index (χ3n) is 0.892. The molecule has 0 aliphatic rings. The molecule has 0 fully saturated rings. The first-order valence-electron chi connectivity index (χ1n) is 3.10. The molecule has 0 unspecified atom stereocenters. The fourth-order valence-corrected chi connectivity index (χ4v) is 0.434. The molecular formula is C7H11N3O. The van der Waals surface area contributed by atoms with Crippen LogP contribution in [0.15, 0.2) is 24.2 Å². The van der Waals surface area contributed by atoms with Crippen molar-refractivity contribution in [1.29, 1.82) is 5.41 Å². The Balaban J connectivity index is 3.59. The fraction of sp³-hybridized carbons (Fsp3) is 0.143. The predicted octanol–water partition coefficient (Wildman–Crippen LogP) is 0.347. The van der Waals surface area contributed by atoms with Gasteiger partial charge in [0, 0.05) is 24.3 Å². The van der Waals surface area contributed by atoms with Gasteiger partial charge in [0.1, 0.15) is 0 Å². The average molecular weight is 153 g/mol. The predicted molar refractivity (Wildman–Crippen MR) is 44.0 cm³/mol. The maximum atomic E-state index is 9.73. The SMILES string of the molecule is C/C(=C/C=N)N/C=C\NC=O. The van der Waals surface area contributed by atoms with Crippen LogP contribution in [-0.2, 0) is 4.79 Å². The molecule has 0 bridgehead atoms. The van der Waals surface area contributed by atoms with Gasteiger partial charge in [-0.1, -0.05) is 0 Å². The second-order valence-electron chi connectivity index (χ2n) is 1.78. The van der Waals surface area contributed by atoms with Crippen LogP contribution in [0.3, 0.4) is 0 Å². The molecule has 0 saturated heterocycles. The lowest BCUT2D eigenvalue weighted by Crippen LogP contribution is -2.05. The highest BCUT2D eigenvalue weighted by Gasteiger charge is 1.77. The molecule has 1 amide bonds. The molecule has 4 nitrogen and oxygen atoms in total. The van der Waals surface area contributed by atoms with Gasteiger partial charge in [0.05, 0.1) is 0 Å². The van der Waals surface area contributed by atoms with Gasteiger partial charge in [-0.2, -0.15) is 0 Å². The summed E-state index contributed by atoms with van der Waals surface area (Å²) >= 11 is 0. The van der Waals surface area contributed by atoms with Crippen LogP contribution in [-0.4, -0.2) is 12.6 Å². The summed E-state index contributed by atoms with van der Waals surface area (Å²) in [6, 6.07) is 0. The zero-order valence-corrected chi connectivity index (χ0v) is 6.29. The van der Waals surface area contributed by atoms with Crippen molar-refractivity contribution in [2.24, 2.45) is 0 Å². The highest BCUT2D eigenvalue weighted by atomic mass is 16.1. The smallest absolute Gasteiger partial charge is 0.211 e. The number of allylic oxidation sites excluding steroid dienone is 2. The van der Waals surface area contributed by atoms with E-state index in [1.165, 1.54) is 12.4 Å². The molecule has 0 aliphatic carbocycles. The number of nitrogens with one attached hydrogen (secondary N) is 3. The van der Waals surface area contributed by atoms with E-state index in [1.807, 2.05) is 6.92 Å². The Labute approximate surface area is 65.5 Å². The summed E-state index contributed by atoms with van der Waals surface area (Å²) < 4.78 is 0. The third kappa shape index (κ3) is 6.30. The Hall–Kier alpha value is -1.58. The maximum absolute atomic E-state index is 9.73. The average Bonchev–Trinajstić information content (AvgIpc) is 1.99. The van der Waals surface area contributed by atoms with Gasteiger partial charge in [0.25, 0.3) is 0 Å². The van der Waals surface area contributed by atoms with Crippen LogP contribution in [0.4, 0.5) is 0 Å². The summed E-state index contributed by atoms with van der Waals surface area (Å²) in [6.07, 6.45) is 6.40. The molecule has 3 N–H and O–H groups in total. The maximum Gasteiger partial charge on any atom is 0.211 e. The Bertz CT molecular complexity index is 184. The topological polar surface area (TPSA) is 65.0 Å². The van der Waals surface area contributed by atoms with Crippen LogP contribution in [0.5, 0.6) is 0 Å². The van der Waals surface area contributed by atoms with Crippen molar-refractivity contribution in [1.82, 2.24) is 10.6 Å². The van der Waals surface area contributed by atoms with E-state index in [0.717, 1.165) is 5.70 Å². The van der Waals surface area contributed by atoms with Crippen molar-refractivity contribution < 1.29 is 4.79 Å². The molecule has 0 heterocycles. The van der Waals surface area contributed by atoms with E-state index in [4.69, 9.17) is 5.41 Å². The molecule has 0 aliphatic heterocycles. The van der Waals surface area contributed by atoms with Crippen molar-refractivity contribution in [2.75, 3.05) is 0 Å². The van der Waals surface area contributed by atoms with Crippen molar-refractivity contribution in [3.63, 3.8) is 0 Å². The molecule has 0 aromatic rings. The second kappa shape index (κ2) is 6.54. The quantitative estimate of drug-likeness (QED) is 0.394. The lowest BCUT2D eigenvalue weighted by atomic mass is 10.4. The lowest BCUT2D eigenvalue weighted by Gasteiger charge is -1.96. The minimum atomic E-state index is 0.577. The van der Waals surface area contributed by atoms with Crippen LogP contribution in [0.1, 0.15) is 6.92 Å².